The summed E-state index contributed by atoms with van der Waals surface area (Å²) in [5.41, 5.74) is 2.21. The van der Waals surface area contributed by atoms with Gasteiger partial charge in [0.1, 0.15) is 6.54 Å². The maximum absolute atomic E-state index is 11.9. The van der Waals surface area contributed by atoms with Gasteiger partial charge in [-0.1, -0.05) is 44.2 Å². The van der Waals surface area contributed by atoms with E-state index in [-0.39, 0.29) is 13.1 Å². The highest BCUT2D eigenvalue weighted by Gasteiger charge is 2.14. The van der Waals surface area contributed by atoms with E-state index in [2.05, 4.69) is 25.7 Å². The van der Waals surface area contributed by atoms with E-state index in [4.69, 9.17) is 5.11 Å². The number of carboxylic acid groups (broad SMARTS) is 1. The quantitative estimate of drug-likeness (QED) is 0.758. The van der Waals surface area contributed by atoms with Crippen LogP contribution >= 0.6 is 0 Å². The molecule has 0 saturated heterocycles. The zero-order valence-corrected chi connectivity index (χ0v) is 12.5. The molecule has 0 aromatic heterocycles. The SMILES string of the molecule is C=CCN(CC(=O)O)C(=O)NCc1ccc(C(C)C)cc1. The van der Waals surface area contributed by atoms with Crippen LogP contribution in [0.15, 0.2) is 36.9 Å². The third kappa shape index (κ3) is 5.69. The second-order valence-electron chi connectivity index (χ2n) is 5.12. The summed E-state index contributed by atoms with van der Waals surface area (Å²) in [6, 6.07) is 7.58. The molecule has 114 valence electrons. The molecule has 21 heavy (non-hydrogen) atoms. The fraction of sp³-hybridized carbons (Fsp3) is 0.375. The predicted octanol–water partition coefficient (Wildman–Crippen LogP) is 2.59. The lowest BCUT2D eigenvalue weighted by Crippen LogP contribution is -2.42. The number of nitrogens with one attached hydrogen (secondary N) is 1. The Kier molecular flexibility index (Phi) is 6.46. The summed E-state index contributed by atoms with van der Waals surface area (Å²) in [6.45, 7) is 7.98. The van der Waals surface area contributed by atoms with Crippen molar-refractivity contribution < 1.29 is 14.7 Å². The number of hydrogen-bond acceptors (Lipinski definition) is 2. The molecule has 5 nitrogen and oxygen atoms in total. The van der Waals surface area contributed by atoms with E-state index < -0.39 is 12.0 Å². The lowest BCUT2D eigenvalue weighted by molar-refractivity contribution is -0.137. The first-order valence-electron chi connectivity index (χ1n) is 6.88. The molecule has 0 fully saturated rings. The number of benzene rings is 1. The zero-order chi connectivity index (χ0) is 15.8. The van der Waals surface area contributed by atoms with Crippen molar-refractivity contribution in [3.05, 3.63) is 48.0 Å². The average molecular weight is 290 g/mol. The van der Waals surface area contributed by atoms with Gasteiger partial charge < -0.3 is 15.3 Å². The number of aliphatic carboxylic acids is 1. The third-order valence-electron chi connectivity index (χ3n) is 3.05. The zero-order valence-electron chi connectivity index (χ0n) is 12.5. The Labute approximate surface area is 125 Å². The second-order valence-corrected chi connectivity index (χ2v) is 5.12. The average Bonchev–Trinajstić information content (AvgIpc) is 2.44. The number of carboxylic acids is 1. The van der Waals surface area contributed by atoms with Gasteiger partial charge in [-0.2, -0.15) is 0 Å². The van der Waals surface area contributed by atoms with Gasteiger partial charge in [-0.3, -0.25) is 4.79 Å². The Morgan fingerprint density at radius 2 is 1.95 bits per heavy atom. The largest absolute Gasteiger partial charge is 0.480 e. The molecular formula is C16H22N2O3. The van der Waals surface area contributed by atoms with Crippen LogP contribution in [-0.2, 0) is 11.3 Å². The highest BCUT2D eigenvalue weighted by atomic mass is 16.4. The van der Waals surface area contributed by atoms with Crippen LogP contribution in [0.1, 0.15) is 30.9 Å². The summed E-state index contributed by atoms with van der Waals surface area (Å²) in [5.74, 6) is -0.583. The molecule has 0 atom stereocenters. The molecule has 0 aliphatic carbocycles. The van der Waals surface area contributed by atoms with E-state index in [1.165, 1.54) is 16.5 Å². The van der Waals surface area contributed by atoms with E-state index in [1.54, 1.807) is 0 Å². The predicted molar refractivity (Wildman–Crippen MR) is 82.2 cm³/mol. The summed E-state index contributed by atoms with van der Waals surface area (Å²) in [7, 11) is 0. The Morgan fingerprint density at radius 3 is 2.43 bits per heavy atom. The molecule has 1 rings (SSSR count). The fourth-order valence-corrected chi connectivity index (χ4v) is 1.85. The maximum atomic E-state index is 11.9. The minimum absolute atomic E-state index is 0.199. The Balaban J connectivity index is 2.57. The Bertz CT molecular complexity index is 495. The van der Waals surface area contributed by atoms with Crippen molar-refractivity contribution in [2.75, 3.05) is 13.1 Å². The highest BCUT2D eigenvalue weighted by molar-refractivity contribution is 5.80. The molecule has 0 saturated carbocycles. The van der Waals surface area contributed by atoms with Crippen LogP contribution in [0.4, 0.5) is 4.79 Å². The number of urea groups is 1. The molecule has 0 unspecified atom stereocenters. The van der Waals surface area contributed by atoms with Crippen molar-refractivity contribution in [1.82, 2.24) is 10.2 Å². The number of rotatable bonds is 7. The minimum atomic E-state index is -1.05. The molecule has 2 N–H and O–H groups in total. The van der Waals surface area contributed by atoms with Gasteiger partial charge in [0, 0.05) is 13.1 Å². The van der Waals surface area contributed by atoms with Crippen LogP contribution in [-0.4, -0.2) is 35.1 Å². The van der Waals surface area contributed by atoms with Gasteiger partial charge >= 0.3 is 12.0 Å². The van der Waals surface area contributed by atoms with E-state index in [0.29, 0.717) is 12.5 Å². The molecule has 1 aromatic carbocycles. The van der Waals surface area contributed by atoms with Gasteiger partial charge in [-0.15, -0.1) is 6.58 Å². The molecular weight excluding hydrogens is 268 g/mol. The van der Waals surface area contributed by atoms with Crippen molar-refractivity contribution in [2.45, 2.75) is 26.3 Å². The second kappa shape index (κ2) is 8.09. The van der Waals surface area contributed by atoms with Crippen LogP contribution in [0.5, 0.6) is 0 Å². The smallest absolute Gasteiger partial charge is 0.323 e. The Hall–Kier alpha value is -2.30. The molecule has 2 amide bonds. The summed E-state index contributed by atoms with van der Waals surface area (Å²) < 4.78 is 0. The molecule has 0 radical (unpaired) electrons. The number of amides is 2. The van der Waals surface area contributed by atoms with Crippen LogP contribution in [0.25, 0.3) is 0 Å². The number of carbonyl (C=O) groups is 2. The molecule has 0 heterocycles. The molecule has 1 aromatic rings. The van der Waals surface area contributed by atoms with E-state index in [0.717, 1.165) is 5.56 Å². The first-order chi connectivity index (χ1) is 9.93. The topological polar surface area (TPSA) is 69.6 Å². The normalized spacial score (nSPS) is 10.2. The number of carbonyl (C=O) groups excluding carboxylic acids is 1. The summed E-state index contributed by atoms with van der Waals surface area (Å²) in [4.78, 5) is 23.8. The van der Waals surface area contributed by atoms with Gasteiger partial charge in [0.15, 0.2) is 0 Å². The van der Waals surface area contributed by atoms with Gasteiger partial charge in [0.05, 0.1) is 0 Å². The van der Waals surface area contributed by atoms with Gasteiger partial charge in [0.25, 0.3) is 0 Å². The lowest BCUT2D eigenvalue weighted by Gasteiger charge is -2.19. The van der Waals surface area contributed by atoms with E-state index in [9.17, 15) is 9.59 Å². The monoisotopic (exact) mass is 290 g/mol. The van der Waals surface area contributed by atoms with Crippen molar-refractivity contribution in [1.29, 1.82) is 0 Å². The molecule has 0 spiro atoms. The minimum Gasteiger partial charge on any atom is -0.480 e. The maximum Gasteiger partial charge on any atom is 0.323 e. The number of nitrogens with zero attached hydrogens (tertiary/aromatic N) is 1. The van der Waals surface area contributed by atoms with E-state index >= 15 is 0 Å². The summed E-state index contributed by atoms with van der Waals surface area (Å²) in [5, 5.41) is 11.5. The highest BCUT2D eigenvalue weighted by Crippen LogP contribution is 2.14. The molecule has 0 aliphatic heterocycles. The van der Waals surface area contributed by atoms with Crippen LogP contribution in [0.3, 0.4) is 0 Å². The van der Waals surface area contributed by atoms with Crippen LogP contribution in [0.2, 0.25) is 0 Å². The summed E-state index contributed by atoms with van der Waals surface area (Å²) in [6.07, 6.45) is 1.50. The van der Waals surface area contributed by atoms with Crippen molar-refractivity contribution in [3.63, 3.8) is 0 Å². The van der Waals surface area contributed by atoms with Crippen molar-refractivity contribution >= 4 is 12.0 Å². The molecule has 0 aliphatic rings. The molecule has 5 heteroatoms. The first-order valence-corrected chi connectivity index (χ1v) is 6.88. The fourth-order valence-electron chi connectivity index (χ4n) is 1.85. The Morgan fingerprint density at radius 1 is 1.33 bits per heavy atom. The van der Waals surface area contributed by atoms with Crippen LogP contribution < -0.4 is 5.32 Å². The van der Waals surface area contributed by atoms with Gasteiger partial charge in [0.2, 0.25) is 0 Å². The van der Waals surface area contributed by atoms with E-state index in [1.807, 2.05) is 24.3 Å². The van der Waals surface area contributed by atoms with Crippen LogP contribution in [0, 0.1) is 0 Å². The van der Waals surface area contributed by atoms with Crippen molar-refractivity contribution in [3.8, 4) is 0 Å². The summed E-state index contributed by atoms with van der Waals surface area (Å²) >= 11 is 0. The standard InChI is InChI=1S/C16H22N2O3/c1-4-9-18(11-15(19)20)16(21)17-10-13-5-7-14(8-6-13)12(2)3/h4-8,12H,1,9-11H2,2-3H3,(H,17,21)(H,19,20). The van der Waals surface area contributed by atoms with Gasteiger partial charge in [-0.25, -0.2) is 4.79 Å². The first kappa shape index (κ1) is 16.8. The molecule has 0 bridgehead atoms. The number of hydrogen-bond donors (Lipinski definition) is 2. The van der Waals surface area contributed by atoms with Crippen molar-refractivity contribution in [2.24, 2.45) is 0 Å². The lowest BCUT2D eigenvalue weighted by atomic mass is 10.0. The van der Waals surface area contributed by atoms with Gasteiger partial charge in [-0.05, 0) is 17.0 Å². The third-order valence-corrected chi connectivity index (χ3v) is 3.05.